The Labute approximate surface area is 231 Å². The summed E-state index contributed by atoms with van der Waals surface area (Å²) in [6, 6.07) is 9.90. The number of piperazine rings is 1. The first-order valence-electron chi connectivity index (χ1n) is 13.0. The first-order chi connectivity index (χ1) is 19.3. The molecule has 1 saturated heterocycles. The third kappa shape index (κ3) is 6.23. The van der Waals surface area contributed by atoms with Crippen LogP contribution in [0.1, 0.15) is 11.1 Å². The highest BCUT2D eigenvalue weighted by Crippen LogP contribution is 2.34. The van der Waals surface area contributed by atoms with Gasteiger partial charge in [-0.3, -0.25) is 14.5 Å². The van der Waals surface area contributed by atoms with E-state index in [0.717, 1.165) is 22.4 Å². The van der Waals surface area contributed by atoms with Crippen molar-refractivity contribution in [3.8, 4) is 11.5 Å². The molecule has 1 atom stereocenters. The first kappa shape index (κ1) is 27.1. The number of likely N-dealkylation sites (N-methyl/N-ethyl adjacent to an activating group) is 2. The average molecular weight is 551 g/mol. The summed E-state index contributed by atoms with van der Waals surface area (Å²) >= 11 is 0. The molecule has 0 saturated carbocycles. The Morgan fingerprint density at radius 3 is 2.80 bits per heavy atom. The number of halogens is 1. The summed E-state index contributed by atoms with van der Waals surface area (Å²) < 4.78 is 26.4. The maximum absolute atomic E-state index is 13.5. The minimum Gasteiger partial charge on any atom is -0.492 e. The minimum absolute atomic E-state index is 0.0586. The van der Waals surface area contributed by atoms with E-state index < -0.39 is 12.1 Å². The fourth-order valence-electron chi connectivity index (χ4n) is 4.62. The number of ether oxygens (including phenoxy) is 2. The van der Waals surface area contributed by atoms with Gasteiger partial charge in [-0.1, -0.05) is 12.1 Å². The normalized spacial score (nSPS) is 17.7. The first-order valence-corrected chi connectivity index (χ1v) is 13.0. The average Bonchev–Trinajstić information content (AvgIpc) is 3.37. The smallest absolute Gasteiger partial charge is 0.342 e. The van der Waals surface area contributed by atoms with Crippen LogP contribution >= 0.6 is 0 Å². The lowest BCUT2D eigenvalue weighted by Crippen LogP contribution is -2.50. The highest BCUT2D eigenvalue weighted by atomic mass is 19.1. The summed E-state index contributed by atoms with van der Waals surface area (Å²) in [7, 11) is 3.41. The minimum atomic E-state index is -0.945. The molecule has 0 bridgehead atoms. The van der Waals surface area contributed by atoms with E-state index in [2.05, 4.69) is 10.4 Å². The number of carbonyl (C=O) groups is 3. The molecule has 12 heteroatoms. The predicted molar refractivity (Wildman–Crippen MR) is 144 cm³/mol. The summed E-state index contributed by atoms with van der Waals surface area (Å²) in [6.07, 6.45) is 3.48. The molecule has 3 amide bonds. The van der Waals surface area contributed by atoms with Crippen LogP contribution in [0.15, 0.2) is 54.9 Å². The summed E-state index contributed by atoms with van der Waals surface area (Å²) in [6.45, 7) is 2.79. The van der Waals surface area contributed by atoms with Crippen LogP contribution < -0.4 is 19.7 Å². The molecule has 1 fully saturated rings. The monoisotopic (exact) mass is 550 g/mol. The molecule has 5 rings (SSSR count). The summed E-state index contributed by atoms with van der Waals surface area (Å²) in [4.78, 5) is 43.2. The number of nitrogens with zero attached hydrogens (tertiary/aromatic N) is 5. The Balaban J connectivity index is 1.17. The van der Waals surface area contributed by atoms with Gasteiger partial charge < -0.3 is 24.6 Å². The fourth-order valence-corrected chi connectivity index (χ4v) is 4.62. The molecule has 2 aliphatic heterocycles. The lowest BCUT2D eigenvalue weighted by molar-refractivity contribution is -0.134. The van der Waals surface area contributed by atoms with Crippen LogP contribution in [0, 0.1) is 5.82 Å². The van der Waals surface area contributed by atoms with E-state index in [9.17, 15) is 18.8 Å². The van der Waals surface area contributed by atoms with Crippen LogP contribution in [0.5, 0.6) is 11.5 Å². The maximum atomic E-state index is 13.5. The lowest BCUT2D eigenvalue weighted by atomic mass is 10.1. The Bertz CT molecular complexity index is 1410. The Morgan fingerprint density at radius 1 is 1.15 bits per heavy atom. The van der Waals surface area contributed by atoms with Crippen molar-refractivity contribution in [1.29, 1.82) is 0 Å². The second-order valence-corrected chi connectivity index (χ2v) is 9.88. The van der Waals surface area contributed by atoms with Gasteiger partial charge in [-0.2, -0.15) is 9.78 Å². The number of hydrogen-bond acceptors (Lipinski definition) is 7. The molecule has 210 valence electrons. The lowest BCUT2D eigenvalue weighted by Gasteiger charge is -2.31. The highest BCUT2D eigenvalue weighted by molar-refractivity contribution is 6.00. The maximum Gasteiger partial charge on any atom is 0.342 e. The molecule has 0 radical (unpaired) electrons. The van der Waals surface area contributed by atoms with Crippen LogP contribution in [-0.4, -0.2) is 97.0 Å². The van der Waals surface area contributed by atoms with Crippen molar-refractivity contribution in [3.05, 3.63) is 71.8 Å². The summed E-state index contributed by atoms with van der Waals surface area (Å²) in [5.74, 6) is 0.453. The van der Waals surface area contributed by atoms with E-state index in [1.807, 2.05) is 4.90 Å². The van der Waals surface area contributed by atoms with Crippen LogP contribution in [0.4, 0.5) is 14.9 Å². The van der Waals surface area contributed by atoms with Crippen molar-refractivity contribution < 1.29 is 28.2 Å². The Kier molecular flexibility index (Phi) is 7.96. The van der Waals surface area contributed by atoms with E-state index in [4.69, 9.17) is 9.47 Å². The quantitative estimate of drug-likeness (QED) is 0.478. The zero-order chi connectivity index (χ0) is 28.2. The zero-order valence-corrected chi connectivity index (χ0v) is 22.4. The van der Waals surface area contributed by atoms with Crippen molar-refractivity contribution in [1.82, 2.24) is 24.9 Å². The third-order valence-electron chi connectivity index (χ3n) is 6.98. The van der Waals surface area contributed by atoms with Crippen LogP contribution in [0.25, 0.3) is 0 Å². The number of hydrogen-bond donors (Lipinski definition) is 1. The van der Waals surface area contributed by atoms with E-state index in [1.165, 1.54) is 23.2 Å². The molecule has 11 nitrogen and oxygen atoms in total. The van der Waals surface area contributed by atoms with E-state index in [1.54, 1.807) is 55.5 Å². The Hall–Kier alpha value is -4.45. The molecular weight excluding hydrogens is 519 g/mol. The van der Waals surface area contributed by atoms with Gasteiger partial charge in [0.05, 0.1) is 18.4 Å². The second kappa shape index (κ2) is 11.7. The number of fused-ring (bicyclic) bond motifs is 1. The molecule has 1 aromatic heterocycles. The molecular formula is C28H31FN6O5. The standard InChI is InChI=1S/C28H31FN6O5/c1-32-8-9-34(17-26(32)36)10-11-39-22-6-7-25-24(14-22)33(2)27(37)23(18-40-25)31-28(38)35-16-20(15-30-35)12-19-4-3-5-21(29)13-19/h3-7,13-16,23H,8-12,17-18H2,1-2H3,(H,31,38)/t23-/m0/s1. The Morgan fingerprint density at radius 2 is 2.00 bits per heavy atom. The number of aromatic nitrogens is 2. The van der Waals surface area contributed by atoms with Gasteiger partial charge in [0.15, 0.2) is 0 Å². The summed E-state index contributed by atoms with van der Waals surface area (Å²) in [5, 5.41) is 6.78. The molecule has 40 heavy (non-hydrogen) atoms. The number of carbonyl (C=O) groups excluding carboxylic acids is 3. The predicted octanol–water partition coefficient (Wildman–Crippen LogP) is 1.75. The van der Waals surface area contributed by atoms with Gasteiger partial charge in [-0.05, 0) is 35.4 Å². The second-order valence-electron chi connectivity index (χ2n) is 9.88. The number of nitrogens with one attached hydrogen (secondary N) is 1. The van der Waals surface area contributed by atoms with Gasteiger partial charge in [0, 0.05) is 52.4 Å². The third-order valence-corrected chi connectivity index (χ3v) is 6.98. The molecule has 0 spiro atoms. The number of rotatable bonds is 7. The van der Waals surface area contributed by atoms with E-state index in [0.29, 0.717) is 49.8 Å². The molecule has 0 unspecified atom stereocenters. The fraction of sp³-hybridized carbons (Fsp3) is 0.357. The number of amides is 3. The van der Waals surface area contributed by atoms with Crippen molar-refractivity contribution in [3.63, 3.8) is 0 Å². The molecule has 2 aromatic carbocycles. The molecule has 3 aromatic rings. The van der Waals surface area contributed by atoms with E-state index >= 15 is 0 Å². The van der Waals surface area contributed by atoms with Crippen molar-refractivity contribution in [2.45, 2.75) is 12.5 Å². The van der Waals surface area contributed by atoms with E-state index in [-0.39, 0.29) is 24.2 Å². The topological polar surface area (TPSA) is 109 Å². The number of benzene rings is 2. The SMILES string of the molecule is CN1CCN(CCOc2ccc3c(c2)N(C)C(=O)[C@@H](NC(=O)n2cc(Cc4cccc(F)c4)cn2)CO3)CC1=O. The van der Waals surface area contributed by atoms with Crippen molar-refractivity contribution in [2.24, 2.45) is 0 Å². The summed E-state index contributed by atoms with van der Waals surface area (Å²) in [5.41, 5.74) is 2.00. The van der Waals surface area contributed by atoms with Crippen molar-refractivity contribution in [2.75, 3.05) is 58.4 Å². The molecule has 1 N–H and O–H groups in total. The number of anilines is 1. The molecule has 2 aliphatic rings. The van der Waals surface area contributed by atoms with Crippen LogP contribution in [0.3, 0.4) is 0 Å². The highest BCUT2D eigenvalue weighted by Gasteiger charge is 2.31. The molecule has 3 heterocycles. The van der Waals surface area contributed by atoms with Gasteiger partial charge in [0.2, 0.25) is 5.91 Å². The largest absolute Gasteiger partial charge is 0.492 e. The van der Waals surface area contributed by atoms with Crippen LogP contribution in [-0.2, 0) is 16.0 Å². The van der Waals surface area contributed by atoms with Crippen molar-refractivity contribution >= 4 is 23.5 Å². The zero-order valence-electron chi connectivity index (χ0n) is 22.4. The van der Waals surface area contributed by atoms with Gasteiger partial charge in [-0.15, -0.1) is 0 Å². The van der Waals surface area contributed by atoms with Gasteiger partial charge in [0.1, 0.15) is 36.6 Å². The van der Waals surface area contributed by atoms with Gasteiger partial charge >= 0.3 is 6.03 Å². The van der Waals surface area contributed by atoms with Crippen LogP contribution in [0.2, 0.25) is 0 Å². The molecule has 0 aliphatic carbocycles. The van der Waals surface area contributed by atoms with Gasteiger partial charge in [0.25, 0.3) is 5.91 Å². The van der Waals surface area contributed by atoms with Gasteiger partial charge in [-0.25, -0.2) is 9.18 Å².